The van der Waals surface area contributed by atoms with Crippen molar-refractivity contribution in [3.05, 3.63) is 50.4 Å². The Kier molecular flexibility index (Phi) is 3.51. The molecule has 2 rings (SSSR count). The Hall–Kier alpha value is -1.00. The SMILES string of the molecule is Cc1ccc(C(=O)Cc2cncs2)cc1Br. The van der Waals surface area contributed by atoms with Crippen LogP contribution in [0.2, 0.25) is 0 Å². The second-order valence-electron chi connectivity index (χ2n) is 3.53. The van der Waals surface area contributed by atoms with Gasteiger partial charge < -0.3 is 0 Å². The van der Waals surface area contributed by atoms with Gasteiger partial charge in [0.1, 0.15) is 0 Å². The van der Waals surface area contributed by atoms with Crippen LogP contribution in [-0.4, -0.2) is 10.8 Å². The monoisotopic (exact) mass is 295 g/mol. The number of rotatable bonds is 3. The Balaban J connectivity index is 2.18. The normalized spacial score (nSPS) is 10.4. The summed E-state index contributed by atoms with van der Waals surface area (Å²) in [6.45, 7) is 2.00. The second-order valence-corrected chi connectivity index (χ2v) is 5.36. The van der Waals surface area contributed by atoms with Crippen LogP contribution in [-0.2, 0) is 6.42 Å². The maximum atomic E-state index is 11.9. The highest BCUT2D eigenvalue weighted by Crippen LogP contribution is 2.19. The smallest absolute Gasteiger partial charge is 0.168 e. The maximum Gasteiger partial charge on any atom is 0.168 e. The van der Waals surface area contributed by atoms with Gasteiger partial charge in [0.25, 0.3) is 0 Å². The summed E-state index contributed by atoms with van der Waals surface area (Å²) in [5.41, 5.74) is 3.62. The third-order valence-electron chi connectivity index (χ3n) is 2.31. The van der Waals surface area contributed by atoms with Crippen LogP contribution in [0.5, 0.6) is 0 Å². The van der Waals surface area contributed by atoms with Gasteiger partial charge in [0.15, 0.2) is 5.78 Å². The van der Waals surface area contributed by atoms with Gasteiger partial charge in [-0.1, -0.05) is 28.1 Å². The largest absolute Gasteiger partial charge is 0.294 e. The number of aromatic nitrogens is 1. The number of carbonyl (C=O) groups excluding carboxylic acids is 1. The van der Waals surface area contributed by atoms with Gasteiger partial charge in [-0.25, -0.2) is 0 Å². The number of thiazole rings is 1. The molecule has 1 heterocycles. The molecule has 0 aliphatic rings. The molecule has 0 atom stereocenters. The van der Waals surface area contributed by atoms with Crippen molar-refractivity contribution in [2.45, 2.75) is 13.3 Å². The van der Waals surface area contributed by atoms with Gasteiger partial charge in [0, 0.05) is 27.5 Å². The molecule has 16 heavy (non-hydrogen) atoms. The molecule has 82 valence electrons. The molecule has 0 fully saturated rings. The van der Waals surface area contributed by atoms with E-state index in [0.717, 1.165) is 20.5 Å². The van der Waals surface area contributed by atoms with Gasteiger partial charge in [-0.05, 0) is 18.6 Å². The molecular weight excluding hydrogens is 286 g/mol. The summed E-state index contributed by atoms with van der Waals surface area (Å²) in [5.74, 6) is 0.130. The lowest BCUT2D eigenvalue weighted by molar-refractivity contribution is 0.0993. The number of hydrogen-bond donors (Lipinski definition) is 0. The fourth-order valence-electron chi connectivity index (χ4n) is 1.36. The minimum Gasteiger partial charge on any atom is -0.294 e. The van der Waals surface area contributed by atoms with Gasteiger partial charge >= 0.3 is 0 Å². The van der Waals surface area contributed by atoms with E-state index in [0.29, 0.717) is 6.42 Å². The van der Waals surface area contributed by atoms with Crippen LogP contribution >= 0.6 is 27.3 Å². The van der Waals surface area contributed by atoms with Crippen molar-refractivity contribution in [2.24, 2.45) is 0 Å². The molecule has 1 aromatic carbocycles. The molecule has 0 amide bonds. The maximum absolute atomic E-state index is 11.9. The molecule has 0 N–H and O–H groups in total. The van der Waals surface area contributed by atoms with E-state index in [1.807, 2.05) is 25.1 Å². The van der Waals surface area contributed by atoms with Gasteiger partial charge in [0.05, 0.1) is 5.51 Å². The fourth-order valence-corrected chi connectivity index (χ4v) is 2.33. The number of Topliss-reactive ketones (excluding diaryl/α,β-unsaturated/α-hetero) is 1. The summed E-state index contributed by atoms with van der Waals surface area (Å²) in [6, 6.07) is 5.69. The standard InChI is InChI=1S/C12H10BrNOS/c1-8-2-3-9(4-11(8)13)12(15)5-10-6-14-7-16-10/h2-4,6-7H,5H2,1H3. The van der Waals surface area contributed by atoms with Gasteiger partial charge in [-0.2, -0.15) is 0 Å². The summed E-state index contributed by atoms with van der Waals surface area (Å²) < 4.78 is 0.975. The van der Waals surface area contributed by atoms with Crippen LogP contribution in [0.15, 0.2) is 34.4 Å². The van der Waals surface area contributed by atoms with Crippen molar-refractivity contribution in [1.29, 1.82) is 0 Å². The van der Waals surface area contributed by atoms with Gasteiger partial charge in [-0.15, -0.1) is 11.3 Å². The van der Waals surface area contributed by atoms with Gasteiger partial charge in [-0.3, -0.25) is 9.78 Å². The lowest BCUT2D eigenvalue weighted by atomic mass is 10.1. The average Bonchev–Trinajstić information content (AvgIpc) is 2.74. The summed E-state index contributed by atoms with van der Waals surface area (Å²) in [5, 5.41) is 0. The minimum atomic E-state index is 0.130. The molecule has 0 spiro atoms. The zero-order valence-electron chi connectivity index (χ0n) is 8.74. The molecule has 0 saturated carbocycles. The highest BCUT2D eigenvalue weighted by Gasteiger charge is 2.09. The van der Waals surface area contributed by atoms with Crippen LogP contribution in [0.25, 0.3) is 0 Å². The number of benzene rings is 1. The third kappa shape index (κ3) is 2.57. The Morgan fingerprint density at radius 3 is 2.94 bits per heavy atom. The molecule has 0 aliphatic heterocycles. The van der Waals surface area contributed by atoms with Crippen LogP contribution in [0, 0.1) is 6.92 Å². The number of aryl methyl sites for hydroxylation is 1. The minimum absolute atomic E-state index is 0.130. The van der Waals surface area contributed by atoms with Crippen molar-refractivity contribution in [3.63, 3.8) is 0 Å². The predicted octanol–water partition coefficient (Wildman–Crippen LogP) is 3.64. The van der Waals surface area contributed by atoms with E-state index in [4.69, 9.17) is 0 Å². The van der Waals surface area contributed by atoms with E-state index in [1.165, 1.54) is 11.3 Å². The fraction of sp³-hybridized carbons (Fsp3) is 0.167. The quantitative estimate of drug-likeness (QED) is 0.809. The molecule has 0 saturated heterocycles. The zero-order valence-corrected chi connectivity index (χ0v) is 11.1. The Morgan fingerprint density at radius 1 is 1.50 bits per heavy atom. The summed E-state index contributed by atoms with van der Waals surface area (Å²) in [4.78, 5) is 16.9. The van der Waals surface area contributed by atoms with Crippen molar-refractivity contribution in [2.75, 3.05) is 0 Å². The highest BCUT2D eigenvalue weighted by molar-refractivity contribution is 9.10. The van der Waals surface area contributed by atoms with Crippen LogP contribution in [0.1, 0.15) is 20.8 Å². The molecule has 0 bridgehead atoms. The molecule has 0 aliphatic carbocycles. The number of halogens is 1. The van der Waals surface area contributed by atoms with Crippen molar-refractivity contribution in [3.8, 4) is 0 Å². The molecule has 2 nitrogen and oxygen atoms in total. The lowest BCUT2D eigenvalue weighted by Crippen LogP contribution is -2.02. The third-order valence-corrected chi connectivity index (χ3v) is 3.95. The van der Waals surface area contributed by atoms with Crippen molar-refractivity contribution >= 4 is 33.0 Å². The van der Waals surface area contributed by atoms with E-state index in [9.17, 15) is 4.79 Å². The highest BCUT2D eigenvalue weighted by atomic mass is 79.9. The van der Waals surface area contributed by atoms with Crippen LogP contribution in [0.3, 0.4) is 0 Å². The Labute approximate surface area is 106 Å². The van der Waals surface area contributed by atoms with E-state index in [1.54, 1.807) is 11.7 Å². The first kappa shape index (κ1) is 11.5. The van der Waals surface area contributed by atoms with E-state index >= 15 is 0 Å². The van der Waals surface area contributed by atoms with Crippen molar-refractivity contribution < 1.29 is 4.79 Å². The first-order valence-electron chi connectivity index (χ1n) is 4.83. The molecule has 4 heteroatoms. The number of carbonyl (C=O) groups is 1. The van der Waals surface area contributed by atoms with E-state index < -0.39 is 0 Å². The summed E-state index contributed by atoms with van der Waals surface area (Å²) in [7, 11) is 0. The predicted molar refractivity (Wildman–Crippen MR) is 69.0 cm³/mol. The molecule has 1 aromatic heterocycles. The zero-order chi connectivity index (χ0) is 11.5. The van der Waals surface area contributed by atoms with Crippen molar-refractivity contribution in [1.82, 2.24) is 4.98 Å². The average molecular weight is 296 g/mol. The Bertz CT molecular complexity index is 508. The molecular formula is C12H10BrNOS. The first-order valence-corrected chi connectivity index (χ1v) is 6.51. The molecule has 0 unspecified atom stereocenters. The second kappa shape index (κ2) is 4.89. The molecule has 2 aromatic rings. The van der Waals surface area contributed by atoms with Gasteiger partial charge in [0.2, 0.25) is 0 Å². The number of ketones is 1. The summed E-state index contributed by atoms with van der Waals surface area (Å²) in [6.07, 6.45) is 2.17. The van der Waals surface area contributed by atoms with Crippen LogP contribution in [0.4, 0.5) is 0 Å². The topological polar surface area (TPSA) is 30.0 Å². The Morgan fingerprint density at radius 2 is 2.31 bits per heavy atom. The van der Waals surface area contributed by atoms with Crippen LogP contribution < -0.4 is 0 Å². The first-order chi connectivity index (χ1) is 7.66. The lowest BCUT2D eigenvalue weighted by Gasteiger charge is -2.02. The van der Waals surface area contributed by atoms with E-state index in [-0.39, 0.29) is 5.78 Å². The summed E-state index contributed by atoms with van der Waals surface area (Å²) >= 11 is 4.94. The van der Waals surface area contributed by atoms with E-state index in [2.05, 4.69) is 20.9 Å². The number of hydrogen-bond acceptors (Lipinski definition) is 3. The number of nitrogens with zero attached hydrogens (tertiary/aromatic N) is 1. The molecule has 0 radical (unpaired) electrons.